The second kappa shape index (κ2) is 8.78. The highest BCUT2D eigenvalue weighted by Crippen LogP contribution is 2.26. The maximum absolute atomic E-state index is 13.1. The van der Waals surface area contributed by atoms with Gasteiger partial charge in [0.15, 0.2) is 0 Å². The number of hydrogen-bond acceptors (Lipinski definition) is 4. The Morgan fingerprint density at radius 2 is 1.80 bits per heavy atom. The molecule has 0 aliphatic carbocycles. The SMILES string of the molecule is COc1ccc2cc([C@H](C)C(=O)NC(Cn3cncn3)c3ccccc3)ccc2c1. The van der Waals surface area contributed by atoms with Crippen molar-refractivity contribution in [2.24, 2.45) is 0 Å². The van der Waals surface area contributed by atoms with E-state index in [0.29, 0.717) is 6.54 Å². The quantitative estimate of drug-likeness (QED) is 0.507. The van der Waals surface area contributed by atoms with Crippen molar-refractivity contribution in [2.45, 2.75) is 25.4 Å². The molecular weight excluding hydrogens is 376 g/mol. The summed E-state index contributed by atoms with van der Waals surface area (Å²) in [4.78, 5) is 17.1. The number of rotatable bonds is 7. The van der Waals surface area contributed by atoms with Crippen LogP contribution in [-0.2, 0) is 11.3 Å². The van der Waals surface area contributed by atoms with Crippen molar-refractivity contribution in [2.75, 3.05) is 7.11 Å². The Kier molecular flexibility index (Phi) is 5.75. The molecule has 0 aliphatic rings. The summed E-state index contributed by atoms with van der Waals surface area (Å²) < 4.78 is 7.02. The van der Waals surface area contributed by atoms with Crippen LogP contribution in [0, 0.1) is 0 Å². The molecule has 1 aromatic heterocycles. The van der Waals surface area contributed by atoms with Crippen molar-refractivity contribution >= 4 is 16.7 Å². The molecule has 4 aromatic rings. The second-order valence-electron chi connectivity index (χ2n) is 7.28. The lowest BCUT2D eigenvalue weighted by Gasteiger charge is -2.22. The number of ether oxygens (including phenoxy) is 1. The number of nitrogens with zero attached hydrogens (tertiary/aromatic N) is 3. The van der Waals surface area contributed by atoms with Crippen LogP contribution in [0.1, 0.15) is 30.0 Å². The normalized spacial score (nSPS) is 13.0. The molecule has 0 fully saturated rings. The summed E-state index contributed by atoms with van der Waals surface area (Å²) in [6.45, 7) is 2.44. The van der Waals surface area contributed by atoms with Gasteiger partial charge < -0.3 is 10.1 Å². The predicted molar refractivity (Wildman–Crippen MR) is 116 cm³/mol. The van der Waals surface area contributed by atoms with E-state index in [-0.39, 0.29) is 17.9 Å². The van der Waals surface area contributed by atoms with Crippen LogP contribution in [0.3, 0.4) is 0 Å². The number of hydrogen-bond donors (Lipinski definition) is 1. The van der Waals surface area contributed by atoms with Gasteiger partial charge in [-0.25, -0.2) is 4.98 Å². The van der Waals surface area contributed by atoms with Crippen LogP contribution >= 0.6 is 0 Å². The highest BCUT2D eigenvalue weighted by molar-refractivity contribution is 5.88. The average Bonchev–Trinajstić information content (AvgIpc) is 3.31. The first-order chi connectivity index (χ1) is 14.6. The van der Waals surface area contributed by atoms with Crippen LogP contribution in [0.25, 0.3) is 10.8 Å². The van der Waals surface area contributed by atoms with Crippen LogP contribution in [0.2, 0.25) is 0 Å². The van der Waals surface area contributed by atoms with Crippen LogP contribution in [0.5, 0.6) is 5.75 Å². The Morgan fingerprint density at radius 1 is 1.03 bits per heavy atom. The third-order valence-corrected chi connectivity index (χ3v) is 5.32. The molecule has 0 spiro atoms. The van der Waals surface area contributed by atoms with Crippen LogP contribution in [-0.4, -0.2) is 27.8 Å². The fourth-order valence-electron chi connectivity index (χ4n) is 3.52. The third-order valence-electron chi connectivity index (χ3n) is 5.32. The van der Waals surface area contributed by atoms with Gasteiger partial charge >= 0.3 is 0 Å². The van der Waals surface area contributed by atoms with Crippen molar-refractivity contribution in [3.63, 3.8) is 0 Å². The lowest BCUT2D eigenvalue weighted by Crippen LogP contribution is -2.34. The molecule has 152 valence electrons. The zero-order chi connectivity index (χ0) is 20.9. The van der Waals surface area contributed by atoms with Gasteiger partial charge in [-0.2, -0.15) is 5.10 Å². The van der Waals surface area contributed by atoms with Gasteiger partial charge in [-0.1, -0.05) is 54.6 Å². The van der Waals surface area contributed by atoms with Crippen molar-refractivity contribution < 1.29 is 9.53 Å². The number of carbonyl (C=O) groups excluding carboxylic acids is 1. The minimum absolute atomic E-state index is 0.0307. The number of amides is 1. The summed E-state index contributed by atoms with van der Waals surface area (Å²) in [7, 11) is 1.66. The van der Waals surface area contributed by atoms with Crippen molar-refractivity contribution in [3.05, 3.63) is 90.5 Å². The Morgan fingerprint density at radius 3 is 2.53 bits per heavy atom. The number of carbonyl (C=O) groups is 1. The molecule has 1 amide bonds. The lowest BCUT2D eigenvalue weighted by atomic mass is 9.96. The Hall–Kier alpha value is -3.67. The van der Waals surface area contributed by atoms with Crippen LogP contribution in [0.4, 0.5) is 0 Å². The van der Waals surface area contributed by atoms with Gasteiger partial charge in [-0.3, -0.25) is 9.48 Å². The fourth-order valence-corrected chi connectivity index (χ4v) is 3.52. The number of fused-ring (bicyclic) bond motifs is 1. The summed E-state index contributed by atoms with van der Waals surface area (Å²) in [6, 6.07) is 21.8. The van der Waals surface area contributed by atoms with E-state index < -0.39 is 0 Å². The minimum atomic E-state index is -0.293. The van der Waals surface area contributed by atoms with Gasteiger partial charge in [0.25, 0.3) is 0 Å². The zero-order valence-electron chi connectivity index (χ0n) is 17.0. The van der Waals surface area contributed by atoms with Crippen LogP contribution in [0.15, 0.2) is 79.4 Å². The number of benzene rings is 3. The molecule has 0 radical (unpaired) electrons. The first kappa shape index (κ1) is 19.6. The molecule has 0 saturated heterocycles. The molecule has 0 aliphatic heterocycles. The summed E-state index contributed by atoms with van der Waals surface area (Å²) >= 11 is 0. The molecule has 30 heavy (non-hydrogen) atoms. The first-order valence-corrected chi connectivity index (χ1v) is 9.89. The van der Waals surface area contributed by atoms with E-state index in [4.69, 9.17) is 4.74 Å². The summed E-state index contributed by atoms with van der Waals surface area (Å²) in [5.41, 5.74) is 2.00. The molecule has 6 nitrogen and oxygen atoms in total. The highest BCUT2D eigenvalue weighted by Gasteiger charge is 2.21. The predicted octanol–water partition coefficient (Wildman–Crippen LogP) is 4.10. The summed E-state index contributed by atoms with van der Waals surface area (Å²) in [6.07, 6.45) is 3.15. The molecule has 3 aromatic carbocycles. The van der Waals surface area contributed by atoms with Gasteiger partial charge in [0.1, 0.15) is 18.4 Å². The standard InChI is InChI=1S/C24H24N4O2/c1-17(19-8-9-21-13-22(30-2)11-10-20(21)12-19)24(29)27-23(14-28-16-25-15-26-28)18-6-4-3-5-7-18/h3-13,15-17,23H,14H2,1-2H3,(H,27,29)/t17-,23?/m0/s1. The second-order valence-corrected chi connectivity index (χ2v) is 7.28. The number of methoxy groups -OCH3 is 1. The molecule has 6 heteroatoms. The van der Waals surface area contributed by atoms with E-state index in [0.717, 1.165) is 27.6 Å². The summed E-state index contributed by atoms with van der Waals surface area (Å²) in [5.74, 6) is 0.496. The van der Waals surface area contributed by atoms with Gasteiger partial charge in [0, 0.05) is 0 Å². The van der Waals surface area contributed by atoms with Crippen molar-refractivity contribution in [1.29, 1.82) is 0 Å². The van der Waals surface area contributed by atoms with Gasteiger partial charge in [-0.05, 0) is 41.0 Å². The maximum Gasteiger partial charge on any atom is 0.227 e. The van der Waals surface area contributed by atoms with E-state index in [9.17, 15) is 4.79 Å². The molecule has 1 N–H and O–H groups in total. The van der Waals surface area contributed by atoms with Crippen LogP contribution < -0.4 is 10.1 Å². The topological polar surface area (TPSA) is 69.0 Å². The molecule has 0 bridgehead atoms. The van der Waals surface area contributed by atoms with E-state index >= 15 is 0 Å². The van der Waals surface area contributed by atoms with E-state index in [1.165, 1.54) is 6.33 Å². The van der Waals surface area contributed by atoms with Crippen molar-refractivity contribution in [1.82, 2.24) is 20.1 Å². The van der Waals surface area contributed by atoms with Crippen molar-refractivity contribution in [3.8, 4) is 5.75 Å². The highest BCUT2D eigenvalue weighted by atomic mass is 16.5. The zero-order valence-corrected chi connectivity index (χ0v) is 17.0. The monoisotopic (exact) mass is 400 g/mol. The van der Waals surface area contributed by atoms with E-state index in [1.54, 1.807) is 18.1 Å². The number of aromatic nitrogens is 3. The first-order valence-electron chi connectivity index (χ1n) is 9.89. The largest absolute Gasteiger partial charge is 0.497 e. The molecule has 1 heterocycles. The maximum atomic E-state index is 13.1. The molecule has 4 rings (SSSR count). The number of nitrogens with one attached hydrogen (secondary N) is 1. The Labute approximate surface area is 175 Å². The van der Waals surface area contributed by atoms with E-state index in [1.807, 2.05) is 67.6 Å². The average molecular weight is 400 g/mol. The molecule has 1 unspecified atom stereocenters. The molecule has 0 saturated carbocycles. The van der Waals surface area contributed by atoms with Gasteiger partial charge in [-0.15, -0.1) is 0 Å². The fraction of sp³-hybridized carbons (Fsp3) is 0.208. The molecular formula is C24H24N4O2. The minimum Gasteiger partial charge on any atom is -0.497 e. The summed E-state index contributed by atoms with van der Waals surface area (Å²) in [5, 5.41) is 9.53. The molecule has 2 atom stereocenters. The Bertz CT molecular complexity index is 1130. The third kappa shape index (κ3) is 4.33. The van der Waals surface area contributed by atoms with E-state index in [2.05, 4.69) is 21.5 Å². The Balaban J connectivity index is 1.55. The lowest BCUT2D eigenvalue weighted by molar-refractivity contribution is -0.123. The van der Waals surface area contributed by atoms with Gasteiger partial charge in [0.2, 0.25) is 5.91 Å². The van der Waals surface area contributed by atoms with Gasteiger partial charge in [0.05, 0.1) is 25.6 Å². The smallest absolute Gasteiger partial charge is 0.227 e.